The van der Waals surface area contributed by atoms with Crippen molar-refractivity contribution in [2.24, 2.45) is 0 Å². The number of halogens is 1. The van der Waals surface area contributed by atoms with Gasteiger partial charge in [0.25, 0.3) is 0 Å². The van der Waals surface area contributed by atoms with Crippen molar-refractivity contribution in [1.82, 2.24) is 5.32 Å². The van der Waals surface area contributed by atoms with Gasteiger partial charge in [-0.3, -0.25) is 0 Å². The fraction of sp³-hybridized carbons (Fsp3) is 0.462. The van der Waals surface area contributed by atoms with Crippen LogP contribution >= 0.6 is 12.2 Å². The fourth-order valence-electron chi connectivity index (χ4n) is 2.18. The van der Waals surface area contributed by atoms with Crippen LogP contribution in [0.4, 0.5) is 10.1 Å². The SMILES string of the molecule is COc1cc(F)ccc1NC(=S)NC1CCCC1. The van der Waals surface area contributed by atoms with Gasteiger partial charge in [-0.2, -0.15) is 0 Å². The van der Waals surface area contributed by atoms with Crippen molar-refractivity contribution in [2.75, 3.05) is 12.4 Å². The molecule has 3 nitrogen and oxygen atoms in total. The average molecular weight is 268 g/mol. The summed E-state index contributed by atoms with van der Waals surface area (Å²) in [5.41, 5.74) is 0.675. The molecule has 0 atom stereocenters. The maximum absolute atomic E-state index is 13.0. The van der Waals surface area contributed by atoms with Gasteiger partial charge in [-0.25, -0.2) is 4.39 Å². The summed E-state index contributed by atoms with van der Waals surface area (Å²) in [7, 11) is 1.51. The van der Waals surface area contributed by atoms with Crippen molar-refractivity contribution in [3.05, 3.63) is 24.0 Å². The van der Waals surface area contributed by atoms with E-state index in [1.165, 1.54) is 32.1 Å². The Morgan fingerprint density at radius 1 is 1.39 bits per heavy atom. The average Bonchev–Trinajstić information content (AvgIpc) is 2.84. The molecule has 0 aliphatic heterocycles. The van der Waals surface area contributed by atoms with Crippen molar-refractivity contribution in [3.8, 4) is 5.75 Å². The summed E-state index contributed by atoms with van der Waals surface area (Å²) in [5.74, 6) is 0.123. The number of hydrogen-bond acceptors (Lipinski definition) is 2. The van der Waals surface area contributed by atoms with Crippen LogP contribution in [0.25, 0.3) is 0 Å². The molecule has 98 valence electrons. The smallest absolute Gasteiger partial charge is 0.171 e. The molecule has 18 heavy (non-hydrogen) atoms. The second-order valence-corrected chi connectivity index (χ2v) is 4.83. The van der Waals surface area contributed by atoms with E-state index in [0.717, 1.165) is 12.8 Å². The Morgan fingerprint density at radius 2 is 2.11 bits per heavy atom. The molecule has 0 radical (unpaired) electrons. The van der Waals surface area contributed by atoms with Gasteiger partial charge in [0, 0.05) is 12.1 Å². The van der Waals surface area contributed by atoms with Crippen molar-refractivity contribution < 1.29 is 9.13 Å². The molecule has 1 aromatic carbocycles. The third-order valence-electron chi connectivity index (χ3n) is 3.10. The Hall–Kier alpha value is -1.36. The summed E-state index contributed by atoms with van der Waals surface area (Å²) in [6.45, 7) is 0. The van der Waals surface area contributed by atoms with E-state index < -0.39 is 0 Å². The van der Waals surface area contributed by atoms with E-state index in [0.29, 0.717) is 22.6 Å². The predicted molar refractivity (Wildman–Crippen MR) is 74.6 cm³/mol. The van der Waals surface area contributed by atoms with Gasteiger partial charge in [-0.1, -0.05) is 12.8 Å². The normalized spacial score (nSPS) is 15.4. The lowest BCUT2D eigenvalue weighted by molar-refractivity contribution is 0.413. The highest BCUT2D eigenvalue weighted by Gasteiger charge is 2.16. The molecule has 1 aliphatic carbocycles. The number of thiocarbonyl (C=S) groups is 1. The van der Waals surface area contributed by atoms with E-state index in [2.05, 4.69) is 10.6 Å². The Morgan fingerprint density at radius 3 is 2.78 bits per heavy atom. The first-order valence-corrected chi connectivity index (χ1v) is 6.51. The monoisotopic (exact) mass is 268 g/mol. The Labute approximate surface area is 112 Å². The highest BCUT2D eigenvalue weighted by molar-refractivity contribution is 7.80. The number of benzene rings is 1. The van der Waals surface area contributed by atoms with Crippen LogP contribution < -0.4 is 15.4 Å². The Balaban J connectivity index is 1.97. The molecule has 1 aliphatic rings. The summed E-state index contributed by atoms with van der Waals surface area (Å²) in [5, 5.41) is 6.87. The number of hydrogen-bond donors (Lipinski definition) is 2. The van der Waals surface area contributed by atoms with Gasteiger partial charge in [-0.15, -0.1) is 0 Å². The van der Waals surface area contributed by atoms with Gasteiger partial charge in [-0.05, 0) is 37.2 Å². The Bertz CT molecular complexity index is 433. The van der Waals surface area contributed by atoms with E-state index in [9.17, 15) is 4.39 Å². The van der Waals surface area contributed by atoms with Crippen LogP contribution in [0.1, 0.15) is 25.7 Å². The van der Waals surface area contributed by atoms with E-state index in [4.69, 9.17) is 17.0 Å². The summed E-state index contributed by atoms with van der Waals surface area (Å²) < 4.78 is 18.2. The van der Waals surface area contributed by atoms with Gasteiger partial charge in [0.05, 0.1) is 12.8 Å². The van der Waals surface area contributed by atoms with E-state index in [1.807, 2.05) is 0 Å². The third-order valence-corrected chi connectivity index (χ3v) is 3.32. The molecule has 1 aromatic rings. The number of nitrogens with one attached hydrogen (secondary N) is 2. The molecule has 0 bridgehead atoms. The molecule has 2 N–H and O–H groups in total. The fourth-order valence-corrected chi connectivity index (χ4v) is 2.46. The van der Waals surface area contributed by atoms with Crippen LogP contribution in [-0.4, -0.2) is 18.3 Å². The second kappa shape index (κ2) is 6.00. The van der Waals surface area contributed by atoms with Crippen molar-refractivity contribution >= 4 is 23.0 Å². The quantitative estimate of drug-likeness (QED) is 0.826. The topological polar surface area (TPSA) is 33.3 Å². The van der Waals surface area contributed by atoms with Crippen LogP contribution in [-0.2, 0) is 0 Å². The van der Waals surface area contributed by atoms with Crippen LogP contribution in [0, 0.1) is 5.82 Å². The molecule has 0 amide bonds. The molecule has 0 unspecified atom stereocenters. The number of rotatable bonds is 3. The summed E-state index contributed by atoms with van der Waals surface area (Å²) >= 11 is 5.24. The number of ether oxygens (including phenoxy) is 1. The standard InChI is InChI=1S/C13H17FN2OS/c1-17-12-8-9(14)6-7-11(12)16-13(18)15-10-4-2-3-5-10/h6-8,10H,2-5H2,1H3,(H2,15,16,18). The van der Waals surface area contributed by atoms with Crippen LogP contribution in [0.3, 0.4) is 0 Å². The summed E-state index contributed by atoms with van der Waals surface area (Å²) in [4.78, 5) is 0. The zero-order valence-corrected chi connectivity index (χ0v) is 11.1. The minimum absolute atomic E-state index is 0.327. The molecule has 5 heteroatoms. The lowest BCUT2D eigenvalue weighted by Crippen LogP contribution is -2.36. The molecule has 0 saturated heterocycles. The maximum atomic E-state index is 13.0. The molecule has 2 rings (SSSR count). The second-order valence-electron chi connectivity index (χ2n) is 4.42. The summed E-state index contributed by atoms with van der Waals surface area (Å²) in [6, 6.07) is 4.79. The van der Waals surface area contributed by atoms with Gasteiger partial charge >= 0.3 is 0 Å². The van der Waals surface area contributed by atoms with Crippen LogP contribution in [0.5, 0.6) is 5.75 Å². The van der Waals surface area contributed by atoms with Gasteiger partial charge in [0.15, 0.2) is 5.11 Å². The molecular formula is C13H17FN2OS. The molecule has 0 spiro atoms. The zero-order chi connectivity index (χ0) is 13.0. The van der Waals surface area contributed by atoms with Gasteiger partial charge in [0.1, 0.15) is 11.6 Å². The third kappa shape index (κ3) is 3.32. The molecule has 0 aromatic heterocycles. The van der Waals surface area contributed by atoms with Crippen molar-refractivity contribution in [1.29, 1.82) is 0 Å². The maximum Gasteiger partial charge on any atom is 0.171 e. The lowest BCUT2D eigenvalue weighted by Gasteiger charge is -2.17. The molecular weight excluding hydrogens is 251 g/mol. The summed E-state index contributed by atoms with van der Waals surface area (Å²) in [6.07, 6.45) is 4.81. The van der Waals surface area contributed by atoms with Gasteiger partial charge in [0.2, 0.25) is 0 Å². The predicted octanol–water partition coefficient (Wildman–Crippen LogP) is 3.06. The minimum Gasteiger partial charge on any atom is -0.494 e. The van der Waals surface area contributed by atoms with Crippen LogP contribution in [0.15, 0.2) is 18.2 Å². The highest BCUT2D eigenvalue weighted by Crippen LogP contribution is 2.25. The van der Waals surface area contributed by atoms with E-state index in [1.54, 1.807) is 6.07 Å². The Kier molecular flexibility index (Phi) is 4.36. The minimum atomic E-state index is -0.327. The van der Waals surface area contributed by atoms with Gasteiger partial charge < -0.3 is 15.4 Å². The van der Waals surface area contributed by atoms with Crippen molar-refractivity contribution in [2.45, 2.75) is 31.7 Å². The van der Waals surface area contributed by atoms with Crippen molar-refractivity contribution in [3.63, 3.8) is 0 Å². The van der Waals surface area contributed by atoms with E-state index >= 15 is 0 Å². The molecule has 1 saturated carbocycles. The molecule has 0 heterocycles. The first-order valence-electron chi connectivity index (χ1n) is 6.10. The number of anilines is 1. The first-order chi connectivity index (χ1) is 8.69. The highest BCUT2D eigenvalue weighted by atomic mass is 32.1. The lowest BCUT2D eigenvalue weighted by atomic mass is 10.2. The largest absolute Gasteiger partial charge is 0.494 e. The van der Waals surface area contributed by atoms with Crippen LogP contribution in [0.2, 0.25) is 0 Å². The first kappa shape index (κ1) is 13.1. The zero-order valence-electron chi connectivity index (χ0n) is 10.3. The molecule has 1 fully saturated rings. The number of methoxy groups -OCH3 is 1. The van der Waals surface area contributed by atoms with E-state index in [-0.39, 0.29) is 5.82 Å².